The van der Waals surface area contributed by atoms with Crippen molar-refractivity contribution in [2.45, 2.75) is 90.3 Å². The Morgan fingerprint density at radius 1 is 0.976 bits per heavy atom. The number of allylic oxidation sites excluding steroid dienone is 3. The molecule has 228 valence electrons. The minimum atomic E-state index is -2.57. The summed E-state index contributed by atoms with van der Waals surface area (Å²) in [6.45, 7) is 5.89. The second kappa shape index (κ2) is 12.0. The molecule has 2 fully saturated rings. The Kier molecular flexibility index (Phi) is 8.97. The van der Waals surface area contributed by atoms with E-state index in [4.69, 9.17) is 15.3 Å². The number of rotatable bonds is 7. The van der Waals surface area contributed by atoms with Crippen molar-refractivity contribution in [1.82, 2.24) is 4.98 Å². The predicted molar refractivity (Wildman–Crippen MR) is 152 cm³/mol. The van der Waals surface area contributed by atoms with E-state index < -0.39 is 42.3 Å². The average Bonchev–Trinajstić information content (AvgIpc) is 3.26. The van der Waals surface area contributed by atoms with Gasteiger partial charge < -0.3 is 25.2 Å². The molecule has 1 heterocycles. The number of fused-ring (bicyclic) bond motifs is 5. The van der Waals surface area contributed by atoms with E-state index in [1.54, 1.807) is 11.1 Å². The summed E-state index contributed by atoms with van der Waals surface area (Å²) in [5.74, 6) is -3.68. The van der Waals surface area contributed by atoms with E-state index in [0.29, 0.717) is 10.8 Å². The van der Waals surface area contributed by atoms with Crippen molar-refractivity contribution in [1.29, 1.82) is 0 Å². The van der Waals surface area contributed by atoms with E-state index in [1.165, 1.54) is 37.7 Å². The minimum Gasteiger partial charge on any atom is -0.481 e. The molecule has 10 nitrogen and oxygen atoms in total. The van der Waals surface area contributed by atoms with E-state index in [-0.39, 0.29) is 6.10 Å². The fraction of sp³-hybridized carbons (Fsp3) is 0.594. The highest BCUT2D eigenvalue weighted by atomic mass is 16.6. The number of carbonyl (C=O) groups is 4. The third-order valence-electron chi connectivity index (χ3n) is 10.2. The van der Waals surface area contributed by atoms with Crippen LogP contribution in [-0.4, -0.2) is 61.0 Å². The molecule has 0 unspecified atom stereocenters. The van der Waals surface area contributed by atoms with Gasteiger partial charge >= 0.3 is 23.9 Å². The molecule has 0 spiro atoms. The summed E-state index contributed by atoms with van der Waals surface area (Å²) >= 11 is 0. The predicted octanol–water partition coefficient (Wildman–Crippen LogP) is 4.72. The maximum atomic E-state index is 10.8. The summed E-state index contributed by atoms with van der Waals surface area (Å²) < 4.78 is 4.32. The number of aliphatic carboxylic acids is 3. The molecule has 2 saturated carbocycles. The van der Waals surface area contributed by atoms with Gasteiger partial charge in [-0.2, -0.15) is 0 Å². The Labute approximate surface area is 245 Å². The Morgan fingerprint density at radius 2 is 1.64 bits per heavy atom. The summed E-state index contributed by atoms with van der Waals surface area (Å²) in [5.41, 5.74) is 2.52. The lowest BCUT2D eigenvalue weighted by Crippen LogP contribution is -2.49. The lowest BCUT2D eigenvalue weighted by molar-refractivity contribution is -0.184. The van der Waals surface area contributed by atoms with Crippen LogP contribution in [0, 0.1) is 28.6 Å². The van der Waals surface area contributed by atoms with E-state index >= 15 is 0 Å². The number of ether oxygens (including phenoxy) is 1. The van der Waals surface area contributed by atoms with E-state index in [0.717, 1.165) is 37.5 Å². The highest BCUT2D eigenvalue weighted by Gasteiger charge is 2.56. The maximum absolute atomic E-state index is 10.8. The fourth-order valence-corrected chi connectivity index (χ4v) is 8.27. The van der Waals surface area contributed by atoms with Crippen molar-refractivity contribution in [2.24, 2.45) is 28.6 Å². The molecule has 42 heavy (non-hydrogen) atoms. The van der Waals surface area contributed by atoms with Crippen molar-refractivity contribution < 1.29 is 44.3 Å². The number of esters is 1. The van der Waals surface area contributed by atoms with Crippen molar-refractivity contribution in [3.05, 3.63) is 47.8 Å². The van der Waals surface area contributed by atoms with Crippen LogP contribution in [0.3, 0.4) is 0 Å². The molecule has 6 atom stereocenters. The maximum Gasteiger partial charge on any atom is 0.349 e. The molecule has 0 amide bonds. The lowest BCUT2D eigenvalue weighted by Gasteiger charge is -2.57. The summed E-state index contributed by atoms with van der Waals surface area (Å²) in [4.78, 5) is 46.7. The number of aliphatic hydroxyl groups is 1. The monoisotopic (exact) mass is 583 g/mol. The number of pyridine rings is 1. The van der Waals surface area contributed by atoms with Crippen molar-refractivity contribution in [3.8, 4) is 0 Å². The largest absolute Gasteiger partial charge is 0.481 e. The van der Waals surface area contributed by atoms with Crippen molar-refractivity contribution >= 4 is 29.5 Å². The van der Waals surface area contributed by atoms with E-state index in [1.807, 2.05) is 12.4 Å². The van der Waals surface area contributed by atoms with Gasteiger partial charge in [0.25, 0.3) is 0 Å². The van der Waals surface area contributed by atoms with E-state index in [9.17, 15) is 24.3 Å². The lowest BCUT2D eigenvalue weighted by atomic mass is 9.47. The number of aliphatic hydroxyl groups excluding tert-OH is 1. The topological polar surface area (TPSA) is 171 Å². The normalized spacial score (nSPS) is 31.5. The van der Waals surface area contributed by atoms with Gasteiger partial charge in [0, 0.05) is 19.3 Å². The summed E-state index contributed by atoms with van der Waals surface area (Å²) in [5, 5.41) is 35.9. The summed E-state index contributed by atoms with van der Waals surface area (Å²) in [6, 6.07) is 4.31. The molecular weight excluding hydrogens is 542 g/mol. The summed E-state index contributed by atoms with van der Waals surface area (Å²) in [7, 11) is 0. The first kappa shape index (κ1) is 31.4. The molecule has 0 bridgehead atoms. The zero-order chi connectivity index (χ0) is 30.9. The minimum absolute atomic E-state index is 0.106. The first-order chi connectivity index (χ1) is 19.7. The van der Waals surface area contributed by atoms with Crippen LogP contribution in [0.4, 0.5) is 0 Å². The van der Waals surface area contributed by atoms with Crippen LogP contribution in [0.15, 0.2) is 42.3 Å². The molecule has 4 aliphatic carbocycles. The first-order valence-corrected chi connectivity index (χ1v) is 14.6. The van der Waals surface area contributed by atoms with Gasteiger partial charge in [-0.05, 0) is 90.7 Å². The number of nitrogens with zero attached hydrogens (tertiary/aromatic N) is 1. The van der Waals surface area contributed by atoms with Gasteiger partial charge in [-0.1, -0.05) is 37.6 Å². The standard InChI is InChI=1S/C24H31NO.C8H10O8/c1-23-11-9-18(26)14-17(23)5-6-19-21-8-7-20(16-4-3-13-25-15-16)24(21,2)12-10-22(19)23;1-4(9)16-8(7(14)15,2-5(10)11)3-6(12)13/h3-5,7,13,15,18-19,21-22,26H,6,8-12,14H2,1-2H3;2-3H2,1H3,(H,10,11)(H,12,13)(H,14,15)/t18-,19-,21-,22-,23-,24+;/m0./s1. The van der Waals surface area contributed by atoms with Gasteiger partial charge in [-0.3, -0.25) is 19.4 Å². The number of hydrogen-bond acceptors (Lipinski definition) is 7. The van der Waals surface area contributed by atoms with Gasteiger partial charge in [0.1, 0.15) is 0 Å². The molecule has 0 aromatic carbocycles. The van der Waals surface area contributed by atoms with Crippen molar-refractivity contribution in [3.63, 3.8) is 0 Å². The smallest absolute Gasteiger partial charge is 0.349 e. The Bertz CT molecular complexity index is 1250. The number of carbonyl (C=O) groups excluding carboxylic acids is 1. The molecule has 5 rings (SSSR count). The van der Waals surface area contributed by atoms with E-state index in [2.05, 4.69) is 47.9 Å². The molecule has 4 aliphatic rings. The quantitative estimate of drug-likeness (QED) is 0.260. The van der Waals surface area contributed by atoms with Gasteiger partial charge in [0.2, 0.25) is 5.60 Å². The highest BCUT2D eigenvalue weighted by Crippen LogP contribution is 2.66. The molecule has 0 aliphatic heterocycles. The van der Waals surface area contributed by atoms with Gasteiger partial charge in [0.05, 0.1) is 18.9 Å². The molecule has 1 aromatic heterocycles. The van der Waals surface area contributed by atoms with Crippen molar-refractivity contribution in [2.75, 3.05) is 0 Å². The number of carboxylic acids is 3. The third-order valence-corrected chi connectivity index (χ3v) is 10.2. The summed E-state index contributed by atoms with van der Waals surface area (Å²) in [6.07, 6.45) is 14.8. The Balaban J connectivity index is 0.000000221. The second-order valence-corrected chi connectivity index (χ2v) is 12.7. The van der Waals surface area contributed by atoms with Gasteiger partial charge in [-0.25, -0.2) is 4.79 Å². The molecule has 1 aromatic rings. The first-order valence-electron chi connectivity index (χ1n) is 14.6. The fourth-order valence-electron chi connectivity index (χ4n) is 8.27. The Morgan fingerprint density at radius 3 is 2.21 bits per heavy atom. The molecule has 4 N–H and O–H groups in total. The van der Waals surface area contributed by atoms with Gasteiger partial charge in [0.15, 0.2) is 0 Å². The zero-order valence-electron chi connectivity index (χ0n) is 24.4. The van der Waals surface area contributed by atoms with Crippen LogP contribution < -0.4 is 0 Å². The molecule has 0 saturated heterocycles. The number of carboxylic acid groups (broad SMARTS) is 3. The number of aromatic nitrogens is 1. The second-order valence-electron chi connectivity index (χ2n) is 12.7. The van der Waals surface area contributed by atoms with Gasteiger partial charge in [-0.15, -0.1) is 0 Å². The highest BCUT2D eigenvalue weighted by molar-refractivity contribution is 5.90. The Hall–Kier alpha value is -3.53. The molecule has 0 radical (unpaired) electrons. The average molecular weight is 584 g/mol. The molecule has 10 heteroatoms. The van der Waals surface area contributed by atoms with Crippen LogP contribution in [0.5, 0.6) is 0 Å². The van der Waals surface area contributed by atoms with Crippen LogP contribution in [0.1, 0.15) is 84.1 Å². The SMILES string of the molecule is CC(=O)OC(CC(=O)O)(CC(=O)O)C(=O)O.C[C@]12CC[C@H](O)CC1=CC[C@@H]1[C@@H]2CC[C@]2(C)C(c3cccnc3)=CC[C@@H]12. The third kappa shape index (κ3) is 6.00. The molecular formula is C32H41NO9. The van der Waals surface area contributed by atoms with Crippen LogP contribution in [-0.2, 0) is 23.9 Å². The zero-order valence-corrected chi connectivity index (χ0v) is 24.4. The number of hydrogen-bond donors (Lipinski definition) is 4. The van der Waals surface area contributed by atoms with Crippen LogP contribution in [0.2, 0.25) is 0 Å². The van der Waals surface area contributed by atoms with Crippen LogP contribution in [0.25, 0.3) is 5.57 Å². The van der Waals surface area contributed by atoms with Crippen LogP contribution >= 0.6 is 0 Å².